The van der Waals surface area contributed by atoms with Crippen molar-refractivity contribution in [2.24, 2.45) is 0 Å². The van der Waals surface area contributed by atoms with E-state index in [1.165, 1.54) is 11.1 Å². The maximum absolute atomic E-state index is 5.77. The number of rotatable bonds is 3. The van der Waals surface area contributed by atoms with Crippen LogP contribution in [0.5, 0.6) is 0 Å². The van der Waals surface area contributed by atoms with Crippen LogP contribution in [0.1, 0.15) is 24.0 Å². The Bertz CT molecular complexity index is 448. The largest absolute Gasteiger partial charge is 0.399 e. The van der Waals surface area contributed by atoms with Gasteiger partial charge in [0, 0.05) is 5.69 Å². The Morgan fingerprint density at radius 1 is 1.00 bits per heavy atom. The average Bonchev–Trinajstić information content (AvgIpc) is 2.30. The summed E-state index contributed by atoms with van der Waals surface area (Å²) in [5.41, 5.74) is 9.30. The zero-order valence-corrected chi connectivity index (χ0v) is 9.56. The summed E-state index contributed by atoms with van der Waals surface area (Å²) in [7, 11) is 0. The van der Waals surface area contributed by atoms with E-state index in [1.54, 1.807) is 0 Å². The molecule has 0 spiro atoms. The van der Waals surface area contributed by atoms with Gasteiger partial charge in [-0.25, -0.2) is 0 Å². The van der Waals surface area contributed by atoms with Crippen molar-refractivity contribution in [3.63, 3.8) is 0 Å². The summed E-state index contributed by atoms with van der Waals surface area (Å²) >= 11 is 0. The van der Waals surface area contributed by atoms with Crippen LogP contribution in [-0.4, -0.2) is 0 Å². The molecule has 2 rings (SSSR count). The quantitative estimate of drug-likeness (QED) is 0.771. The monoisotopic (exact) mass is 211 g/mol. The van der Waals surface area contributed by atoms with E-state index in [0.717, 1.165) is 12.1 Å². The van der Waals surface area contributed by atoms with Gasteiger partial charge < -0.3 is 5.73 Å². The van der Waals surface area contributed by atoms with Gasteiger partial charge in [0.15, 0.2) is 0 Å². The molecule has 0 saturated heterocycles. The standard InChI is InChI=1S/C15H17N/c1-12(14-7-3-2-4-8-14)10-13-6-5-9-15(16)11-13/h2-9,11-12H,10,16H2,1H3. The van der Waals surface area contributed by atoms with E-state index >= 15 is 0 Å². The molecule has 1 atom stereocenters. The molecule has 0 aliphatic rings. The Hall–Kier alpha value is -1.76. The minimum Gasteiger partial charge on any atom is -0.399 e. The number of nitrogen functional groups attached to an aromatic ring is 1. The zero-order valence-electron chi connectivity index (χ0n) is 9.56. The normalized spacial score (nSPS) is 12.3. The molecule has 0 aromatic heterocycles. The zero-order chi connectivity index (χ0) is 11.4. The van der Waals surface area contributed by atoms with Crippen molar-refractivity contribution in [1.29, 1.82) is 0 Å². The van der Waals surface area contributed by atoms with Crippen molar-refractivity contribution >= 4 is 5.69 Å². The summed E-state index contributed by atoms with van der Waals surface area (Å²) in [6, 6.07) is 18.7. The van der Waals surface area contributed by atoms with Gasteiger partial charge >= 0.3 is 0 Å². The Balaban J connectivity index is 2.11. The van der Waals surface area contributed by atoms with Crippen molar-refractivity contribution < 1.29 is 0 Å². The van der Waals surface area contributed by atoms with Crippen molar-refractivity contribution in [2.45, 2.75) is 19.3 Å². The van der Waals surface area contributed by atoms with E-state index < -0.39 is 0 Å². The molecule has 1 heteroatoms. The van der Waals surface area contributed by atoms with E-state index in [1.807, 2.05) is 12.1 Å². The lowest BCUT2D eigenvalue weighted by molar-refractivity contribution is 0.759. The van der Waals surface area contributed by atoms with Crippen LogP contribution in [-0.2, 0) is 6.42 Å². The molecule has 0 bridgehead atoms. The fourth-order valence-corrected chi connectivity index (χ4v) is 1.97. The van der Waals surface area contributed by atoms with Crippen molar-refractivity contribution in [3.8, 4) is 0 Å². The van der Waals surface area contributed by atoms with Crippen LogP contribution in [0.25, 0.3) is 0 Å². The lowest BCUT2D eigenvalue weighted by Crippen LogP contribution is -1.98. The second kappa shape index (κ2) is 4.84. The summed E-state index contributed by atoms with van der Waals surface area (Å²) in [5, 5.41) is 0. The minimum atomic E-state index is 0.531. The van der Waals surface area contributed by atoms with Gasteiger partial charge in [-0.05, 0) is 35.6 Å². The van der Waals surface area contributed by atoms with Gasteiger partial charge in [-0.3, -0.25) is 0 Å². The van der Waals surface area contributed by atoms with Crippen molar-refractivity contribution in [2.75, 3.05) is 5.73 Å². The molecule has 2 aromatic rings. The number of hydrogen-bond acceptors (Lipinski definition) is 1. The van der Waals surface area contributed by atoms with E-state index in [9.17, 15) is 0 Å². The molecule has 0 amide bonds. The first-order chi connectivity index (χ1) is 7.75. The van der Waals surface area contributed by atoms with Gasteiger partial charge in [-0.1, -0.05) is 49.4 Å². The maximum atomic E-state index is 5.77. The molecule has 0 heterocycles. The number of anilines is 1. The Kier molecular flexibility index (Phi) is 3.25. The molecule has 16 heavy (non-hydrogen) atoms. The van der Waals surface area contributed by atoms with Gasteiger partial charge in [-0.15, -0.1) is 0 Å². The molecular weight excluding hydrogens is 194 g/mol. The van der Waals surface area contributed by atoms with Gasteiger partial charge in [-0.2, -0.15) is 0 Å². The van der Waals surface area contributed by atoms with E-state index in [4.69, 9.17) is 5.73 Å². The SMILES string of the molecule is CC(Cc1cccc(N)c1)c1ccccc1. The van der Waals surface area contributed by atoms with Crippen LogP contribution in [0.2, 0.25) is 0 Å². The predicted molar refractivity (Wildman–Crippen MR) is 69.4 cm³/mol. The second-order valence-corrected chi connectivity index (χ2v) is 4.26. The maximum Gasteiger partial charge on any atom is 0.0316 e. The van der Waals surface area contributed by atoms with Crippen LogP contribution in [0.4, 0.5) is 5.69 Å². The third-order valence-electron chi connectivity index (χ3n) is 2.86. The van der Waals surface area contributed by atoms with Gasteiger partial charge in [0.1, 0.15) is 0 Å². The van der Waals surface area contributed by atoms with Gasteiger partial charge in [0.25, 0.3) is 0 Å². The molecule has 0 radical (unpaired) electrons. The minimum absolute atomic E-state index is 0.531. The Morgan fingerprint density at radius 2 is 1.75 bits per heavy atom. The predicted octanol–water partition coefficient (Wildman–Crippen LogP) is 3.62. The summed E-state index contributed by atoms with van der Waals surface area (Å²) in [4.78, 5) is 0. The molecule has 1 unspecified atom stereocenters. The van der Waals surface area contributed by atoms with Gasteiger partial charge in [0.2, 0.25) is 0 Å². The van der Waals surface area contributed by atoms with E-state index in [2.05, 4.69) is 49.4 Å². The fourth-order valence-electron chi connectivity index (χ4n) is 1.97. The molecule has 1 nitrogen and oxygen atoms in total. The highest BCUT2D eigenvalue weighted by Gasteiger charge is 2.05. The van der Waals surface area contributed by atoms with Crippen molar-refractivity contribution in [3.05, 3.63) is 65.7 Å². The first kappa shape index (κ1) is 10.7. The van der Waals surface area contributed by atoms with Gasteiger partial charge in [0.05, 0.1) is 0 Å². The Morgan fingerprint density at radius 3 is 2.44 bits per heavy atom. The molecular formula is C15H17N. The van der Waals surface area contributed by atoms with Crippen LogP contribution >= 0.6 is 0 Å². The van der Waals surface area contributed by atoms with Crippen LogP contribution in [0.15, 0.2) is 54.6 Å². The summed E-state index contributed by atoms with van der Waals surface area (Å²) in [6.45, 7) is 2.25. The molecule has 0 aliphatic heterocycles. The van der Waals surface area contributed by atoms with Crippen molar-refractivity contribution in [1.82, 2.24) is 0 Å². The highest BCUT2D eigenvalue weighted by atomic mass is 14.5. The number of hydrogen-bond donors (Lipinski definition) is 1. The van der Waals surface area contributed by atoms with Crippen LogP contribution in [0, 0.1) is 0 Å². The first-order valence-corrected chi connectivity index (χ1v) is 5.65. The first-order valence-electron chi connectivity index (χ1n) is 5.65. The molecule has 0 fully saturated rings. The molecule has 2 N–H and O–H groups in total. The third-order valence-corrected chi connectivity index (χ3v) is 2.86. The smallest absolute Gasteiger partial charge is 0.0316 e. The highest BCUT2D eigenvalue weighted by Crippen LogP contribution is 2.20. The number of benzene rings is 2. The number of nitrogens with two attached hydrogens (primary N) is 1. The van der Waals surface area contributed by atoms with E-state index in [0.29, 0.717) is 5.92 Å². The van der Waals surface area contributed by atoms with E-state index in [-0.39, 0.29) is 0 Å². The molecule has 0 saturated carbocycles. The summed E-state index contributed by atoms with van der Waals surface area (Å²) < 4.78 is 0. The van der Waals surface area contributed by atoms with Crippen LogP contribution in [0.3, 0.4) is 0 Å². The lowest BCUT2D eigenvalue weighted by atomic mass is 9.94. The fraction of sp³-hybridized carbons (Fsp3) is 0.200. The topological polar surface area (TPSA) is 26.0 Å². The molecule has 0 aliphatic carbocycles. The molecule has 82 valence electrons. The lowest BCUT2D eigenvalue weighted by Gasteiger charge is -2.12. The van der Waals surface area contributed by atoms with Crippen LogP contribution < -0.4 is 5.73 Å². The summed E-state index contributed by atoms with van der Waals surface area (Å²) in [6.07, 6.45) is 1.04. The summed E-state index contributed by atoms with van der Waals surface area (Å²) in [5.74, 6) is 0.531. The Labute approximate surface area is 96.9 Å². The highest BCUT2D eigenvalue weighted by molar-refractivity contribution is 5.41. The second-order valence-electron chi connectivity index (χ2n) is 4.26. The molecule has 2 aromatic carbocycles. The third kappa shape index (κ3) is 2.63. The average molecular weight is 211 g/mol.